The first kappa shape index (κ1) is 14.3. The van der Waals surface area contributed by atoms with Crippen LogP contribution in [-0.2, 0) is 6.54 Å². The fourth-order valence-electron chi connectivity index (χ4n) is 1.67. The van der Waals surface area contributed by atoms with Gasteiger partial charge in [-0.1, -0.05) is 23.7 Å². The highest BCUT2D eigenvalue weighted by Gasteiger charge is 2.04. The number of benzene rings is 2. The van der Waals surface area contributed by atoms with Crippen LogP contribution in [0, 0.1) is 5.82 Å². The van der Waals surface area contributed by atoms with Crippen molar-refractivity contribution in [1.29, 1.82) is 0 Å². The number of hydrogen-bond acceptors (Lipinski definition) is 3. The van der Waals surface area contributed by atoms with Crippen LogP contribution in [0.25, 0.3) is 0 Å². The van der Waals surface area contributed by atoms with Crippen molar-refractivity contribution in [2.24, 2.45) is 0 Å². The summed E-state index contributed by atoms with van der Waals surface area (Å²) < 4.78 is 12.9. The third-order valence-electron chi connectivity index (χ3n) is 2.73. The second-order valence-corrected chi connectivity index (χ2v) is 4.52. The highest BCUT2D eigenvalue weighted by atomic mass is 35.5. The minimum atomic E-state index is -0.564. The maximum atomic E-state index is 12.9. The molecule has 0 aliphatic rings. The topological polar surface area (TPSA) is 61.4 Å². The molecule has 2 aromatic rings. The second-order valence-electron chi connectivity index (χ2n) is 4.12. The lowest BCUT2D eigenvalue weighted by molar-refractivity contribution is 0.0706. The molecule has 4 nitrogen and oxygen atoms in total. The molecule has 104 valence electrons. The molecule has 2 aromatic carbocycles. The fraction of sp³-hybridized carbons (Fsp3) is 0.0714. The van der Waals surface area contributed by atoms with Crippen molar-refractivity contribution >= 4 is 23.2 Å². The van der Waals surface area contributed by atoms with E-state index in [1.54, 1.807) is 35.8 Å². The molecule has 6 heteroatoms. The van der Waals surface area contributed by atoms with Gasteiger partial charge in [0.25, 0.3) is 5.91 Å². The Hall–Kier alpha value is -2.11. The Morgan fingerprint density at radius 2 is 1.90 bits per heavy atom. The number of hydrogen-bond donors (Lipinski definition) is 3. The standard InChI is InChI=1S/C14H12ClFN2O2/c15-12-7-11(16)5-6-13(12)17-8-9-1-3-10(4-2-9)14(19)18-20/h1-7,17,20H,8H2,(H,18,19). The molecular formula is C14H12ClFN2O2. The van der Waals surface area contributed by atoms with Gasteiger partial charge in [0.2, 0.25) is 0 Å². The van der Waals surface area contributed by atoms with Gasteiger partial charge in [0.1, 0.15) is 5.82 Å². The van der Waals surface area contributed by atoms with Crippen LogP contribution in [0.3, 0.4) is 0 Å². The zero-order chi connectivity index (χ0) is 14.5. The molecule has 0 heterocycles. The van der Waals surface area contributed by atoms with Crippen LogP contribution in [0.2, 0.25) is 5.02 Å². The molecule has 0 spiro atoms. The summed E-state index contributed by atoms with van der Waals surface area (Å²) in [5, 5.41) is 11.9. The molecule has 0 aromatic heterocycles. The number of rotatable bonds is 4. The van der Waals surface area contributed by atoms with Crippen LogP contribution in [0.1, 0.15) is 15.9 Å². The average Bonchev–Trinajstić information content (AvgIpc) is 2.46. The third kappa shape index (κ3) is 3.46. The molecule has 0 atom stereocenters. The lowest BCUT2D eigenvalue weighted by Crippen LogP contribution is -2.18. The van der Waals surface area contributed by atoms with Crippen molar-refractivity contribution < 1.29 is 14.4 Å². The predicted molar refractivity (Wildman–Crippen MR) is 74.4 cm³/mol. The minimum absolute atomic E-state index is 0.307. The van der Waals surface area contributed by atoms with Crippen LogP contribution >= 0.6 is 11.6 Å². The molecule has 0 saturated heterocycles. The normalized spacial score (nSPS) is 10.2. The number of hydroxylamine groups is 1. The van der Waals surface area contributed by atoms with Gasteiger partial charge in [-0.05, 0) is 35.9 Å². The monoisotopic (exact) mass is 294 g/mol. The van der Waals surface area contributed by atoms with Gasteiger partial charge in [-0.2, -0.15) is 0 Å². The third-order valence-corrected chi connectivity index (χ3v) is 3.04. The summed E-state index contributed by atoms with van der Waals surface area (Å²) in [6.45, 7) is 0.479. The Morgan fingerprint density at radius 1 is 1.20 bits per heavy atom. The minimum Gasteiger partial charge on any atom is -0.380 e. The first-order valence-corrected chi connectivity index (χ1v) is 6.20. The van der Waals surface area contributed by atoms with E-state index >= 15 is 0 Å². The first-order valence-electron chi connectivity index (χ1n) is 5.82. The molecule has 3 N–H and O–H groups in total. The van der Waals surface area contributed by atoms with E-state index in [0.717, 1.165) is 5.56 Å². The highest BCUT2D eigenvalue weighted by molar-refractivity contribution is 6.33. The van der Waals surface area contributed by atoms with Crippen molar-refractivity contribution in [3.63, 3.8) is 0 Å². The molecule has 0 bridgehead atoms. The summed E-state index contributed by atoms with van der Waals surface area (Å²) in [6.07, 6.45) is 0. The van der Waals surface area contributed by atoms with Gasteiger partial charge in [0.05, 0.1) is 10.7 Å². The Labute approximate surface area is 120 Å². The molecule has 0 fully saturated rings. The summed E-state index contributed by atoms with van der Waals surface area (Å²) in [4.78, 5) is 11.2. The first-order chi connectivity index (χ1) is 9.60. The summed E-state index contributed by atoms with van der Waals surface area (Å²) in [6, 6.07) is 10.8. The lowest BCUT2D eigenvalue weighted by atomic mass is 10.1. The number of halogens is 2. The number of carbonyl (C=O) groups excluding carboxylic acids is 1. The number of amides is 1. The Bertz CT molecular complexity index is 617. The molecule has 1 amide bonds. The molecule has 0 radical (unpaired) electrons. The van der Waals surface area contributed by atoms with Crippen molar-refractivity contribution in [3.8, 4) is 0 Å². The Morgan fingerprint density at radius 3 is 2.50 bits per heavy atom. The molecule has 0 aliphatic carbocycles. The van der Waals surface area contributed by atoms with Crippen LogP contribution in [0.15, 0.2) is 42.5 Å². The van der Waals surface area contributed by atoms with Gasteiger partial charge in [-0.3, -0.25) is 10.0 Å². The summed E-state index contributed by atoms with van der Waals surface area (Å²) in [5.74, 6) is -0.953. The number of anilines is 1. The zero-order valence-corrected chi connectivity index (χ0v) is 11.1. The van der Waals surface area contributed by atoms with E-state index in [-0.39, 0.29) is 5.82 Å². The van der Waals surface area contributed by atoms with Gasteiger partial charge < -0.3 is 5.32 Å². The fourth-order valence-corrected chi connectivity index (χ4v) is 1.90. The number of nitrogens with one attached hydrogen (secondary N) is 2. The van der Waals surface area contributed by atoms with Gasteiger partial charge in [-0.15, -0.1) is 0 Å². The number of carbonyl (C=O) groups is 1. The van der Waals surface area contributed by atoms with Crippen LogP contribution in [0.5, 0.6) is 0 Å². The lowest BCUT2D eigenvalue weighted by Gasteiger charge is -2.09. The smallest absolute Gasteiger partial charge is 0.274 e. The summed E-state index contributed by atoms with van der Waals surface area (Å²) >= 11 is 5.90. The SMILES string of the molecule is O=C(NO)c1ccc(CNc2ccc(F)cc2Cl)cc1. The van der Waals surface area contributed by atoms with Crippen molar-refractivity contribution in [2.45, 2.75) is 6.54 Å². The molecule has 0 unspecified atom stereocenters. The van der Waals surface area contributed by atoms with Crippen LogP contribution in [-0.4, -0.2) is 11.1 Å². The van der Waals surface area contributed by atoms with Crippen molar-refractivity contribution in [2.75, 3.05) is 5.32 Å². The predicted octanol–water partition coefficient (Wildman–Crippen LogP) is 3.21. The van der Waals surface area contributed by atoms with E-state index in [2.05, 4.69) is 5.32 Å². The molecule has 2 rings (SSSR count). The average molecular weight is 295 g/mol. The zero-order valence-electron chi connectivity index (χ0n) is 10.4. The summed E-state index contributed by atoms with van der Waals surface area (Å²) in [7, 11) is 0. The molecule has 20 heavy (non-hydrogen) atoms. The molecular weight excluding hydrogens is 283 g/mol. The van der Waals surface area contributed by atoms with Crippen molar-refractivity contribution in [3.05, 3.63) is 64.4 Å². The van der Waals surface area contributed by atoms with Gasteiger partial charge >= 0.3 is 0 Å². The van der Waals surface area contributed by atoms with E-state index in [0.29, 0.717) is 22.8 Å². The molecule has 0 aliphatic heterocycles. The van der Waals surface area contributed by atoms with Gasteiger partial charge in [0, 0.05) is 12.1 Å². The van der Waals surface area contributed by atoms with Crippen molar-refractivity contribution in [1.82, 2.24) is 5.48 Å². The Kier molecular flexibility index (Phi) is 4.55. The van der Waals surface area contributed by atoms with Crippen LogP contribution < -0.4 is 10.8 Å². The van der Waals surface area contributed by atoms with E-state index < -0.39 is 5.91 Å². The van der Waals surface area contributed by atoms with Gasteiger partial charge in [0.15, 0.2) is 0 Å². The maximum Gasteiger partial charge on any atom is 0.274 e. The Balaban J connectivity index is 2.02. The van der Waals surface area contributed by atoms with Crippen LogP contribution in [0.4, 0.5) is 10.1 Å². The largest absolute Gasteiger partial charge is 0.380 e. The van der Waals surface area contributed by atoms with E-state index in [1.807, 2.05) is 0 Å². The molecule has 0 saturated carbocycles. The quantitative estimate of drug-likeness (QED) is 0.599. The maximum absolute atomic E-state index is 12.9. The van der Waals surface area contributed by atoms with E-state index in [4.69, 9.17) is 16.8 Å². The van der Waals surface area contributed by atoms with Gasteiger partial charge in [-0.25, -0.2) is 9.87 Å². The summed E-state index contributed by atoms with van der Waals surface area (Å²) in [5.41, 5.74) is 3.47. The highest BCUT2D eigenvalue weighted by Crippen LogP contribution is 2.23. The second kappa shape index (κ2) is 6.36. The van der Waals surface area contributed by atoms with E-state index in [1.165, 1.54) is 12.1 Å². The van der Waals surface area contributed by atoms with E-state index in [9.17, 15) is 9.18 Å².